The molecule has 0 atom stereocenters. The van der Waals surface area contributed by atoms with Crippen molar-refractivity contribution in [3.8, 4) is 0 Å². The Labute approximate surface area is 123 Å². The third-order valence-corrected chi connectivity index (χ3v) is 4.89. The summed E-state index contributed by atoms with van der Waals surface area (Å²) in [5.74, 6) is 0.790. The van der Waals surface area contributed by atoms with Gasteiger partial charge in [-0.05, 0) is 6.92 Å². The van der Waals surface area contributed by atoms with Gasteiger partial charge in [-0.1, -0.05) is 11.3 Å². The molecule has 0 unspecified atom stereocenters. The second kappa shape index (κ2) is 5.37. The molecule has 0 aliphatic carbocycles. The molecular formula is C12H13N5OS2. The van der Waals surface area contributed by atoms with Crippen LogP contribution in [0.25, 0.3) is 11.0 Å². The highest BCUT2D eigenvalue weighted by molar-refractivity contribution is 7.99. The monoisotopic (exact) mass is 307 g/mol. The number of nitrogens with zero attached hydrogens (tertiary/aromatic N) is 5. The summed E-state index contributed by atoms with van der Waals surface area (Å²) in [6.07, 6.45) is 3.33. The van der Waals surface area contributed by atoms with E-state index < -0.39 is 0 Å². The predicted molar refractivity (Wildman–Crippen MR) is 80.3 cm³/mol. The Hall–Kier alpha value is -1.67. The molecule has 0 saturated heterocycles. The fraction of sp³-hybridized carbons (Fsp3) is 0.333. The summed E-state index contributed by atoms with van der Waals surface area (Å²) in [6, 6.07) is 0. The third-order valence-electron chi connectivity index (χ3n) is 3.02. The van der Waals surface area contributed by atoms with Crippen molar-refractivity contribution in [1.29, 1.82) is 0 Å². The highest BCUT2D eigenvalue weighted by Crippen LogP contribution is 2.23. The molecular weight excluding hydrogens is 294 g/mol. The zero-order valence-electron chi connectivity index (χ0n) is 11.1. The zero-order chi connectivity index (χ0) is 14.1. The van der Waals surface area contributed by atoms with Crippen LogP contribution in [0.4, 0.5) is 0 Å². The van der Waals surface area contributed by atoms with Crippen LogP contribution in [0.1, 0.15) is 5.69 Å². The number of thiazole rings is 1. The Bertz CT molecular complexity index is 804. The molecule has 0 aliphatic heterocycles. The fourth-order valence-electron chi connectivity index (χ4n) is 1.96. The molecule has 0 saturated carbocycles. The number of thioether (sulfide) groups is 1. The second-order valence-electron chi connectivity index (χ2n) is 4.33. The summed E-state index contributed by atoms with van der Waals surface area (Å²) in [4.78, 5) is 20.2. The predicted octanol–water partition coefficient (Wildman–Crippen LogP) is 1.69. The van der Waals surface area contributed by atoms with Crippen molar-refractivity contribution in [3.63, 3.8) is 0 Å². The summed E-state index contributed by atoms with van der Waals surface area (Å²) < 4.78 is 3.52. The first-order valence-electron chi connectivity index (χ1n) is 6.07. The molecule has 0 N–H and O–H groups in total. The van der Waals surface area contributed by atoms with Crippen LogP contribution in [0.15, 0.2) is 27.7 Å². The van der Waals surface area contributed by atoms with Gasteiger partial charge in [0, 0.05) is 30.4 Å². The molecule has 104 valence electrons. The Kier molecular flexibility index (Phi) is 3.58. The molecule has 3 rings (SSSR count). The molecule has 6 nitrogen and oxygen atoms in total. The van der Waals surface area contributed by atoms with Crippen LogP contribution >= 0.6 is 23.1 Å². The maximum atomic E-state index is 11.6. The van der Waals surface area contributed by atoms with Gasteiger partial charge >= 0.3 is 4.87 Å². The molecule has 20 heavy (non-hydrogen) atoms. The van der Waals surface area contributed by atoms with E-state index in [0.717, 1.165) is 27.5 Å². The van der Waals surface area contributed by atoms with E-state index in [0.29, 0.717) is 6.54 Å². The molecule has 0 aliphatic rings. The van der Waals surface area contributed by atoms with E-state index in [9.17, 15) is 4.79 Å². The zero-order valence-corrected chi connectivity index (χ0v) is 12.7. The first-order chi connectivity index (χ1) is 9.66. The molecule has 0 spiro atoms. The lowest BCUT2D eigenvalue weighted by Gasteiger charge is -2.04. The van der Waals surface area contributed by atoms with Crippen LogP contribution in [-0.4, -0.2) is 30.1 Å². The van der Waals surface area contributed by atoms with Crippen LogP contribution in [0, 0.1) is 6.92 Å². The van der Waals surface area contributed by atoms with Crippen LogP contribution in [0.3, 0.4) is 0 Å². The van der Waals surface area contributed by atoms with Gasteiger partial charge in [-0.25, -0.2) is 9.97 Å². The SMILES string of the molecule is Cc1csc(=O)n1CCSc1ncnc2c1cnn2C. The average molecular weight is 307 g/mol. The summed E-state index contributed by atoms with van der Waals surface area (Å²) in [5, 5.41) is 7.94. The van der Waals surface area contributed by atoms with Gasteiger partial charge in [-0.3, -0.25) is 9.48 Å². The van der Waals surface area contributed by atoms with Gasteiger partial charge < -0.3 is 4.57 Å². The molecule has 0 fully saturated rings. The van der Waals surface area contributed by atoms with Crippen molar-refractivity contribution in [2.45, 2.75) is 18.5 Å². The summed E-state index contributed by atoms with van der Waals surface area (Å²) in [5.41, 5.74) is 1.83. The van der Waals surface area contributed by atoms with E-state index in [1.807, 2.05) is 19.4 Å². The number of aromatic nitrogens is 5. The van der Waals surface area contributed by atoms with E-state index in [2.05, 4.69) is 15.1 Å². The molecule has 3 heterocycles. The Morgan fingerprint density at radius 3 is 3.00 bits per heavy atom. The van der Waals surface area contributed by atoms with Gasteiger partial charge in [0.25, 0.3) is 0 Å². The summed E-state index contributed by atoms with van der Waals surface area (Å²) in [6.45, 7) is 2.64. The third kappa shape index (κ3) is 2.36. The van der Waals surface area contributed by atoms with Crippen molar-refractivity contribution < 1.29 is 0 Å². The van der Waals surface area contributed by atoms with E-state index in [1.165, 1.54) is 11.3 Å². The van der Waals surface area contributed by atoms with Crippen molar-refractivity contribution in [2.75, 3.05) is 5.75 Å². The topological polar surface area (TPSA) is 65.6 Å². The Morgan fingerprint density at radius 2 is 2.25 bits per heavy atom. The minimum Gasteiger partial charge on any atom is -0.303 e. The summed E-state index contributed by atoms with van der Waals surface area (Å²) in [7, 11) is 1.86. The van der Waals surface area contributed by atoms with Crippen LogP contribution in [0.5, 0.6) is 0 Å². The van der Waals surface area contributed by atoms with E-state index in [4.69, 9.17) is 0 Å². The van der Waals surface area contributed by atoms with E-state index >= 15 is 0 Å². The number of aryl methyl sites for hydroxylation is 2. The van der Waals surface area contributed by atoms with Crippen molar-refractivity contribution in [2.24, 2.45) is 7.05 Å². The summed E-state index contributed by atoms with van der Waals surface area (Å²) >= 11 is 2.86. The standard InChI is InChI=1S/C12H13N5OS2/c1-8-6-20-12(18)17(8)3-4-19-11-9-5-15-16(2)10(9)13-7-14-11/h5-7H,3-4H2,1-2H3. The minimum absolute atomic E-state index is 0.0947. The smallest absolute Gasteiger partial charge is 0.303 e. The normalized spacial score (nSPS) is 11.3. The van der Waals surface area contributed by atoms with Crippen molar-refractivity contribution in [3.05, 3.63) is 33.3 Å². The molecule has 8 heteroatoms. The highest BCUT2D eigenvalue weighted by atomic mass is 32.2. The van der Waals surface area contributed by atoms with Crippen LogP contribution in [0.2, 0.25) is 0 Å². The quantitative estimate of drug-likeness (QED) is 0.542. The lowest BCUT2D eigenvalue weighted by Crippen LogP contribution is -2.15. The van der Waals surface area contributed by atoms with Crippen molar-refractivity contribution in [1.82, 2.24) is 24.3 Å². The van der Waals surface area contributed by atoms with E-state index in [-0.39, 0.29) is 4.87 Å². The van der Waals surface area contributed by atoms with Gasteiger partial charge in [0.15, 0.2) is 5.65 Å². The number of hydrogen-bond donors (Lipinski definition) is 0. The Morgan fingerprint density at radius 1 is 1.40 bits per heavy atom. The minimum atomic E-state index is 0.0947. The van der Waals surface area contributed by atoms with Crippen LogP contribution in [-0.2, 0) is 13.6 Å². The van der Waals surface area contributed by atoms with Gasteiger partial charge in [-0.2, -0.15) is 5.10 Å². The first-order valence-corrected chi connectivity index (χ1v) is 7.94. The number of fused-ring (bicyclic) bond motifs is 1. The molecule has 0 radical (unpaired) electrons. The average Bonchev–Trinajstić information content (AvgIpc) is 2.97. The molecule has 0 bridgehead atoms. The molecule has 0 aromatic carbocycles. The van der Waals surface area contributed by atoms with Gasteiger partial charge in [0.2, 0.25) is 0 Å². The van der Waals surface area contributed by atoms with E-state index in [1.54, 1.807) is 33.5 Å². The second-order valence-corrected chi connectivity index (χ2v) is 6.23. The van der Waals surface area contributed by atoms with Crippen molar-refractivity contribution >= 4 is 34.1 Å². The maximum Gasteiger partial charge on any atom is 0.307 e. The molecule has 3 aromatic heterocycles. The molecule has 3 aromatic rings. The first kappa shape index (κ1) is 13.3. The van der Waals surface area contributed by atoms with Gasteiger partial charge in [-0.15, -0.1) is 11.8 Å². The fourth-order valence-corrected chi connectivity index (χ4v) is 3.61. The highest BCUT2D eigenvalue weighted by Gasteiger charge is 2.09. The lowest BCUT2D eigenvalue weighted by molar-refractivity contribution is 0.730. The maximum absolute atomic E-state index is 11.6. The number of hydrogen-bond acceptors (Lipinski definition) is 6. The van der Waals surface area contributed by atoms with Crippen LogP contribution < -0.4 is 4.87 Å². The van der Waals surface area contributed by atoms with Gasteiger partial charge in [0.05, 0.1) is 11.6 Å². The lowest BCUT2D eigenvalue weighted by atomic mass is 10.4. The molecule has 0 amide bonds. The Balaban J connectivity index is 1.76. The largest absolute Gasteiger partial charge is 0.307 e. The van der Waals surface area contributed by atoms with Gasteiger partial charge in [0.1, 0.15) is 11.4 Å². The number of rotatable bonds is 4.